The number of benzene rings is 1. The lowest BCUT2D eigenvalue weighted by atomic mass is 10.1. The third-order valence-corrected chi connectivity index (χ3v) is 3.33. The number of rotatable bonds is 3. The summed E-state index contributed by atoms with van der Waals surface area (Å²) in [7, 11) is 0. The van der Waals surface area contributed by atoms with E-state index in [0.29, 0.717) is 13.0 Å². The maximum atomic E-state index is 13.2. The summed E-state index contributed by atoms with van der Waals surface area (Å²) < 4.78 is 13.2. The SMILES string of the molecule is NC(=O)C1CCN(C(=O)Nc2ccc(F)c(C(=O)O)c2)C1. The first kappa shape index (κ1) is 14.8. The molecule has 4 N–H and O–H groups in total. The second-order valence-electron chi connectivity index (χ2n) is 4.76. The Labute approximate surface area is 119 Å². The van der Waals surface area contributed by atoms with Gasteiger partial charge < -0.3 is 21.1 Å². The highest BCUT2D eigenvalue weighted by atomic mass is 19.1. The fraction of sp³-hybridized carbons (Fsp3) is 0.308. The number of nitrogens with zero attached hydrogens (tertiary/aromatic N) is 1. The number of halogens is 1. The van der Waals surface area contributed by atoms with Gasteiger partial charge in [-0.3, -0.25) is 4.79 Å². The maximum absolute atomic E-state index is 13.2. The molecule has 8 heteroatoms. The zero-order valence-corrected chi connectivity index (χ0v) is 11.0. The molecule has 3 amide bonds. The van der Waals surface area contributed by atoms with Crippen LogP contribution in [0.25, 0.3) is 0 Å². The van der Waals surface area contributed by atoms with Crippen LogP contribution < -0.4 is 11.1 Å². The molecule has 21 heavy (non-hydrogen) atoms. The van der Waals surface area contributed by atoms with E-state index in [-0.39, 0.29) is 18.2 Å². The number of urea groups is 1. The number of carbonyl (C=O) groups excluding carboxylic acids is 2. The van der Waals surface area contributed by atoms with Crippen LogP contribution in [0.1, 0.15) is 16.8 Å². The van der Waals surface area contributed by atoms with E-state index in [4.69, 9.17) is 10.8 Å². The summed E-state index contributed by atoms with van der Waals surface area (Å²) in [6.45, 7) is 0.598. The highest BCUT2D eigenvalue weighted by Crippen LogP contribution is 2.19. The molecular weight excluding hydrogens is 281 g/mol. The monoisotopic (exact) mass is 295 g/mol. The summed E-state index contributed by atoms with van der Waals surface area (Å²) in [6, 6.07) is 2.79. The largest absolute Gasteiger partial charge is 0.478 e. The number of carbonyl (C=O) groups is 3. The molecule has 1 fully saturated rings. The molecule has 2 rings (SSSR count). The number of amides is 3. The second-order valence-corrected chi connectivity index (χ2v) is 4.76. The average molecular weight is 295 g/mol. The minimum atomic E-state index is -1.42. The summed E-state index contributed by atoms with van der Waals surface area (Å²) in [6.07, 6.45) is 0.493. The van der Waals surface area contributed by atoms with Crippen LogP contribution in [0.3, 0.4) is 0 Å². The Morgan fingerprint density at radius 2 is 2.10 bits per heavy atom. The first-order valence-corrected chi connectivity index (χ1v) is 6.26. The molecule has 1 saturated heterocycles. The number of hydrogen-bond acceptors (Lipinski definition) is 3. The number of primary amides is 1. The van der Waals surface area contributed by atoms with E-state index in [2.05, 4.69) is 5.32 Å². The van der Waals surface area contributed by atoms with Crippen LogP contribution in [-0.2, 0) is 4.79 Å². The molecule has 0 spiro atoms. The second kappa shape index (κ2) is 5.78. The van der Waals surface area contributed by atoms with Gasteiger partial charge in [-0.1, -0.05) is 0 Å². The molecule has 1 aromatic carbocycles. The van der Waals surface area contributed by atoms with Gasteiger partial charge in [0.15, 0.2) is 0 Å². The average Bonchev–Trinajstić information content (AvgIpc) is 2.90. The van der Waals surface area contributed by atoms with Gasteiger partial charge in [0.25, 0.3) is 0 Å². The van der Waals surface area contributed by atoms with Gasteiger partial charge in [0.05, 0.1) is 11.5 Å². The number of carboxylic acids is 1. The van der Waals surface area contributed by atoms with E-state index < -0.39 is 29.3 Å². The molecule has 0 aliphatic carbocycles. The first-order chi connectivity index (χ1) is 9.88. The summed E-state index contributed by atoms with van der Waals surface area (Å²) in [4.78, 5) is 35.2. The molecule has 7 nitrogen and oxygen atoms in total. The van der Waals surface area contributed by atoms with Crippen molar-refractivity contribution < 1.29 is 23.9 Å². The fourth-order valence-corrected chi connectivity index (χ4v) is 2.15. The first-order valence-electron chi connectivity index (χ1n) is 6.26. The summed E-state index contributed by atoms with van der Waals surface area (Å²) in [5.74, 6) is -3.13. The zero-order valence-electron chi connectivity index (χ0n) is 11.0. The molecule has 1 unspecified atom stereocenters. The standard InChI is InChI=1S/C13H14FN3O4/c14-10-2-1-8(5-9(10)12(19)20)16-13(21)17-4-3-7(6-17)11(15)18/h1-2,5,7H,3-4,6H2,(H2,15,18)(H,16,21)(H,19,20). The van der Waals surface area contributed by atoms with Crippen LogP contribution in [0.4, 0.5) is 14.9 Å². The van der Waals surface area contributed by atoms with Gasteiger partial charge in [0.1, 0.15) is 5.82 Å². The third kappa shape index (κ3) is 3.28. The molecule has 1 atom stereocenters. The van der Waals surface area contributed by atoms with Crippen LogP contribution in [0.2, 0.25) is 0 Å². The number of anilines is 1. The van der Waals surface area contributed by atoms with Crippen LogP contribution in [0, 0.1) is 11.7 Å². The maximum Gasteiger partial charge on any atom is 0.338 e. The quantitative estimate of drug-likeness (QED) is 0.767. The summed E-state index contributed by atoms with van der Waals surface area (Å²) in [5, 5.41) is 11.3. The van der Waals surface area contributed by atoms with E-state index in [0.717, 1.165) is 12.1 Å². The summed E-state index contributed by atoms with van der Waals surface area (Å²) in [5.41, 5.74) is 4.82. The topological polar surface area (TPSA) is 113 Å². The van der Waals surface area contributed by atoms with Gasteiger partial charge in [0.2, 0.25) is 5.91 Å². The summed E-state index contributed by atoms with van der Waals surface area (Å²) >= 11 is 0. The Balaban J connectivity index is 2.05. The van der Waals surface area contributed by atoms with E-state index in [9.17, 15) is 18.8 Å². The minimum Gasteiger partial charge on any atom is -0.478 e. The van der Waals surface area contributed by atoms with Crippen molar-refractivity contribution in [3.63, 3.8) is 0 Å². The normalized spacial score (nSPS) is 17.6. The van der Waals surface area contributed by atoms with Gasteiger partial charge in [-0.15, -0.1) is 0 Å². The number of likely N-dealkylation sites (tertiary alicyclic amines) is 1. The molecule has 112 valence electrons. The number of nitrogens with one attached hydrogen (secondary N) is 1. The van der Waals surface area contributed by atoms with Crippen LogP contribution in [0.15, 0.2) is 18.2 Å². The molecule has 1 aliphatic rings. The Morgan fingerprint density at radius 3 is 2.67 bits per heavy atom. The Bertz CT molecular complexity index is 605. The lowest BCUT2D eigenvalue weighted by Gasteiger charge is -2.17. The number of nitrogens with two attached hydrogens (primary N) is 1. The van der Waals surface area contributed by atoms with Crippen molar-refractivity contribution >= 4 is 23.6 Å². The molecule has 1 heterocycles. The molecular formula is C13H14FN3O4. The highest BCUT2D eigenvalue weighted by molar-refractivity contribution is 5.93. The third-order valence-electron chi connectivity index (χ3n) is 3.33. The van der Waals surface area contributed by atoms with Crippen LogP contribution in [-0.4, -0.2) is 41.0 Å². The smallest absolute Gasteiger partial charge is 0.338 e. The van der Waals surface area contributed by atoms with Crippen molar-refractivity contribution in [3.05, 3.63) is 29.6 Å². The van der Waals surface area contributed by atoms with Crippen molar-refractivity contribution in [1.29, 1.82) is 0 Å². The minimum absolute atomic E-state index is 0.168. The van der Waals surface area contributed by atoms with Crippen molar-refractivity contribution in [3.8, 4) is 0 Å². The van der Waals surface area contributed by atoms with E-state index in [1.165, 1.54) is 11.0 Å². The van der Waals surface area contributed by atoms with Crippen LogP contribution in [0.5, 0.6) is 0 Å². The van der Waals surface area contributed by atoms with Gasteiger partial charge >= 0.3 is 12.0 Å². The highest BCUT2D eigenvalue weighted by Gasteiger charge is 2.29. The number of hydrogen-bond donors (Lipinski definition) is 3. The van der Waals surface area contributed by atoms with Crippen LogP contribution >= 0.6 is 0 Å². The molecule has 0 radical (unpaired) electrons. The molecule has 0 bridgehead atoms. The van der Waals surface area contributed by atoms with E-state index in [1.54, 1.807) is 0 Å². The van der Waals surface area contributed by atoms with Gasteiger partial charge in [-0.2, -0.15) is 0 Å². The Hall–Kier alpha value is -2.64. The van der Waals surface area contributed by atoms with E-state index >= 15 is 0 Å². The van der Waals surface area contributed by atoms with Crippen molar-refractivity contribution in [2.45, 2.75) is 6.42 Å². The van der Waals surface area contributed by atoms with E-state index in [1.807, 2.05) is 0 Å². The predicted molar refractivity (Wildman–Crippen MR) is 71.3 cm³/mol. The van der Waals surface area contributed by atoms with Crippen molar-refractivity contribution in [2.75, 3.05) is 18.4 Å². The Morgan fingerprint density at radius 1 is 1.38 bits per heavy atom. The predicted octanol–water partition coefficient (Wildman–Crippen LogP) is 0.863. The molecule has 0 aromatic heterocycles. The van der Waals surface area contributed by atoms with Crippen molar-refractivity contribution in [2.24, 2.45) is 11.7 Å². The zero-order chi connectivity index (χ0) is 15.6. The van der Waals surface area contributed by atoms with Gasteiger partial charge in [0, 0.05) is 18.8 Å². The number of carboxylic acid groups (broad SMARTS) is 1. The number of aromatic carboxylic acids is 1. The van der Waals surface area contributed by atoms with Gasteiger partial charge in [-0.05, 0) is 24.6 Å². The lowest BCUT2D eigenvalue weighted by Crippen LogP contribution is -2.34. The fourth-order valence-electron chi connectivity index (χ4n) is 2.15. The molecule has 0 saturated carbocycles. The Kier molecular flexibility index (Phi) is 4.06. The molecule has 1 aromatic rings. The van der Waals surface area contributed by atoms with Crippen molar-refractivity contribution in [1.82, 2.24) is 4.90 Å². The van der Waals surface area contributed by atoms with Gasteiger partial charge in [-0.25, -0.2) is 14.0 Å². The molecule has 1 aliphatic heterocycles. The lowest BCUT2D eigenvalue weighted by molar-refractivity contribution is -0.121.